The molecule has 2 atom stereocenters. The normalized spacial score (nSPS) is 19.1. The van der Waals surface area contributed by atoms with E-state index in [0.717, 1.165) is 27.6 Å². The molecule has 0 radical (unpaired) electrons. The molecule has 0 aromatic carbocycles. The van der Waals surface area contributed by atoms with E-state index >= 15 is 0 Å². The zero-order chi connectivity index (χ0) is 28.3. The van der Waals surface area contributed by atoms with Crippen molar-refractivity contribution in [2.75, 3.05) is 17.4 Å². The minimum atomic E-state index is -0.778. The van der Waals surface area contributed by atoms with E-state index in [0.29, 0.717) is 39.8 Å². The lowest BCUT2D eigenvalue weighted by molar-refractivity contribution is -0.152. The largest absolute Gasteiger partial charge is 0.363 e. The molecule has 2 unspecified atom stereocenters. The van der Waals surface area contributed by atoms with Crippen LogP contribution in [0.1, 0.15) is 37.4 Å². The van der Waals surface area contributed by atoms with Crippen LogP contribution in [0.2, 0.25) is 4.34 Å². The zero-order valence-electron chi connectivity index (χ0n) is 21.3. The molecular weight excluding hydrogens is 617 g/mol. The van der Waals surface area contributed by atoms with E-state index in [9.17, 15) is 14.4 Å². The molecule has 0 saturated carbocycles. The molecule has 1 saturated heterocycles. The highest BCUT2D eigenvalue weighted by molar-refractivity contribution is 8.18. The first-order chi connectivity index (χ1) is 18.6. The first kappa shape index (κ1) is 29.9. The van der Waals surface area contributed by atoms with Gasteiger partial charge in [-0.25, -0.2) is 9.98 Å². The molecule has 1 fully saturated rings. The number of hydrogen-bond acceptors (Lipinski definition) is 12. The molecule has 10 nitrogen and oxygen atoms in total. The minimum absolute atomic E-state index is 0.00602. The van der Waals surface area contributed by atoms with Gasteiger partial charge in [0.1, 0.15) is 21.1 Å². The van der Waals surface area contributed by atoms with Crippen LogP contribution in [0, 0.1) is 0 Å². The van der Waals surface area contributed by atoms with Crippen LogP contribution >= 0.6 is 66.0 Å². The second-order valence-electron chi connectivity index (χ2n) is 8.43. The van der Waals surface area contributed by atoms with Crippen molar-refractivity contribution in [2.45, 2.75) is 49.3 Å². The third kappa shape index (κ3) is 6.63. The quantitative estimate of drug-likeness (QED) is 0.112. The number of halogens is 1. The second kappa shape index (κ2) is 13.0. The van der Waals surface area contributed by atoms with Crippen molar-refractivity contribution in [3.05, 3.63) is 37.9 Å². The Kier molecular flexibility index (Phi) is 10.00. The van der Waals surface area contributed by atoms with E-state index in [-0.39, 0.29) is 29.1 Å². The predicted octanol–water partition coefficient (Wildman–Crippen LogP) is 4.66. The number of aliphatic imine (C=N–C) groups is 1. The number of allylic oxidation sites excluding steroid dienone is 3. The second-order valence-corrected chi connectivity index (χ2v) is 14.5. The van der Waals surface area contributed by atoms with Crippen molar-refractivity contribution < 1.29 is 14.4 Å². The van der Waals surface area contributed by atoms with Gasteiger partial charge in [-0.1, -0.05) is 47.6 Å². The van der Waals surface area contributed by atoms with Crippen LogP contribution in [0.4, 0.5) is 5.13 Å². The van der Waals surface area contributed by atoms with E-state index in [2.05, 4.69) is 43.7 Å². The summed E-state index contributed by atoms with van der Waals surface area (Å²) in [6, 6.07) is -1.10. The Balaban J connectivity index is 1.47. The van der Waals surface area contributed by atoms with Gasteiger partial charge >= 0.3 is 0 Å². The number of thioether (sulfide) groups is 2. The van der Waals surface area contributed by atoms with Crippen LogP contribution in [0.15, 0.2) is 32.2 Å². The van der Waals surface area contributed by atoms with Crippen LogP contribution in [-0.2, 0) is 20.5 Å². The number of aromatic nitrogens is 3. The van der Waals surface area contributed by atoms with Gasteiger partial charge in [0.2, 0.25) is 5.13 Å². The molecule has 16 heteroatoms. The molecular formula is C23H25ClN7O3PS4. The number of anilines is 1. The fourth-order valence-electron chi connectivity index (χ4n) is 4.10. The molecule has 2 amide bonds. The van der Waals surface area contributed by atoms with Crippen LogP contribution in [-0.4, -0.2) is 73.9 Å². The maximum absolute atomic E-state index is 13.3. The highest BCUT2D eigenvalue weighted by Gasteiger charge is 2.53. The summed E-state index contributed by atoms with van der Waals surface area (Å²) in [5, 5.41) is 16.0. The summed E-state index contributed by atoms with van der Waals surface area (Å²) in [6.07, 6.45) is 5.64. The summed E-state index contributed by atoms with van der Waals surface area (Å²) in [7, 11) is 2.66. The number of thiazole rings is 1. The van der Waals surface area contributed by atoms with Crippen molar-refractivity contribution in [2.24, 2.45) is 4.99 Å². The van der Waals surface area contributed by atoms with E-state index < -0.39 is 11.9 Å². The molecule has 4 heterocycles. The summed E-state index contributed by atoms with van der Waals surface area (Å²) in [5.41, 5.74) is 1.06. The number of β-lactam (4-membered cyclic amide) rings is 1. The van der Waals surface area contributed by atoms with Crippen molar-refractivity contribution >= 4 is 101 Å². The number of fused-ring (bicyclic) bond motifs is 1. The highest BCUT2D eigenvalue weighted by atomic mass is 35.5. The van der Waals surface area contributed by atoms with Crippen molar-refractivity contribution in [1.29, 1.82) is 0 Å². The van der Waals surface area contributed by atoms with E-state index in [1.807, 2.05) is 0 Å². The number of carbonyl (C=O) groups is 3. The molecule has 0 aliphatic carbocycles. The number of carbonyl (C=O) groups excluding carboxylic acids is 3. The number of nitrogens with zero attached hydrogens (tertiary/aromatic N) is 5. The molecule has 4 rings (SSSR count). The predicted molar refractivity (Wildman–Crippen MR) is 163 cm³/mol. The average molecular weight is 642 g/mol. The molecule has 39 heavy (non-hydrogen) atoms. The fraction of sp³-hybridized carbons (Fsp3) is 0.391. The molecule has 0 bridgehead atoms. The summed E-state index contributed by atoms with van der Waals surface area (Å²) in [5.74, 6) is -1.08. The number of Topliss-reactive ketones (excluding diaryl/α,β-unsaturated/α-hetero) is 1. The lowest BCUT2D eigenvalue weighted by atomic mass is 9.85. The van der Waals surface area contributed by atoms with Gasteiger partial charge in [-0.3, -0.25) is 14.4 Å². The monoisotopic (exact) mass is 641 g/mol. The molecule has 206 valence electrons. The van der Waals surface area contributed by atoms with Crippen molar-refractivity contribution in [1.82, 2.24) is 25.4 Å². The number of amides is 2. The third-order valence-corrected chi connectivity index (χ3v) is 11.0. The van der Waals surface area contributed by atoms with Crippen LogP contribution in [0.25, 0.3) is 0 Å². The number of hydrogen-bond donors (Lipinski definition) is 2. The Morgan fingerprint density at radius 1 is 1.28 bits per heavy atom. The van der Waals surface area contributed by atoms with Gasteiger partial charge in [0.15, 0.2) is 15.8 Å². The first-order valence-electron chi connectivity index (χ1n) is 11.6. The van der Waals surface area contributed by atoms with Gasteiger partial charge in [-0.05, 0) is 19.8 Å². The lowest BCUT2D eigenvalue weighted by Gasteiger charge is -2.50. The number of rotatable bonds is 12. The highest BCUT2D eigenvalue weighted by Crippen LogP contribution is 2.42. The van der Waals surface area contributed by atoms with Gasteiger partial charge in [0.05, 0.1) is 16.8 Å². The van der Waals surface area contributed by atoms with E-state index in [1.165, 1.54) is 58.0 Å². The topological polar surface area (TPSA) is 130 Å². The fourth-order valence-corrected chi connectivity index (χ4v) is 9.16. The number of ketones is 1. The Hall–Kier alpha value is -2.09. The molecule has 2 aliphatic heterocycles. The van der Waals surface area contributed by atoms with Gasteiger partial charge < -0.3 is 15.5 Å². The van der Waals surface area contributed by atoms with Gasteiger partial charge in [0, 0.05) is 30.7 Å². The Labute approximate surface area is 249 Å². The average Bonchev–Trinajstić information content (AvgIpc) is 3.51. The number of nitrogens with one attached hydrogen (secondary N) is 2. The Bertz CT molecular complexity index is 1410. The van der Waals surface area contributed by atoms with Gasteiger partial charge in [0.25, 0.3) is 11.8 Å². The smallest absolute Gasteiger partial charge is 0.272 e. The summed E-state index contributed by atoms with van der Waals surface area (Å²) in [6.45, 7) is 6.89. The first-order valence-corrected chi connectivity index (χ1v) is 16.9. The maximum Gasteiger partial charge on any atom is 0.272 e. The third-order valence-electron chi connectivity index (χ3n) is 5.67. The molecule has 2 N–H and O–H groups in total. The van der Waals surface area contributed by atoms with Crippen LogP contribution in [0.3, 0.4) is 0 Å². The van der Waals surface area contributed by atoms with Gasteiger partial charge in [-0.15, -0.1) is 41.5 Å². The maximum atomic E-state index is 13.3. The summed E-state index contributed by atoms with van der Waals surface area (Å²) in [4.78, 5) is 50.3. The summed E-state index contributed by atoms with van der Waals surface area (Å²) >= 11 is 12.2. The van der Waals surface area contributed by atoms with Crippen LogP contribution in [0.5, 0.6) is 0 Å². The summed E-state index contributed by atoms with van der Waals surface area (Å²) < 4.78 is 1.15. The van der Waals surface area contributed by atoms with E-state index in [1.54, 1.807) is 14.0 Å². The van der Waals surface area contributed by atoms with Crippen LogP contribution < -0.4 is 10.6 Å². The standard InChI is InChI=1S/C23H25ClN7O3PS4/c1-10(2)26-17(16-19(24)38-14(27-16)8-35-5)20(33)28-15-12-6-7-13(18(11(3)32)31(12)21(15)34)36-9-37-23-30-29-22(25-4)39-23/h12,15H,1,5-9H2,2-4H3,(H,25,29)(H,28,33). The van der Waals surface area contributed by atoms with E-state index in [4.69, 9.17) is 11.6 Å². The van der Waals surface area contributed by atoms with Crippen molar-refractivity contribution in [3.8, 4) is 0 Å². The molecule has 2 aromatic rings. The zero-order valence-corrected chi connectivity index (χ0v) is 26.2. The lowest BCUT2D eigenvalue weighted by Crippen LogP contribution is -2.72. The van der Waals surface area contributed by atoms with Crippen molar-refractivity contribution in [3.63, 3.8) is 0 Å². The molecule has 2 aromatic heterocycles. The Morgan fingerprint density at radius 2 is 2.05 bits per heavy atom. The SMILES string of the molecule is C=PCc1nc(C(=NC(=C)C)C(=O)NC2C(=O)N3C(C(C)=O)=C(SCSc4nnc(NC)s4)CCC23)c(Cl)s1. The van der Waals surface area contributed by atoms with Gasteiger partial charge in [-0.2, -0.15) is 0 Å². The Morgan fingerprint density at radius 3 is 2.69 bits per heavy atom. The minimum Gasteiger partial charge on any atom is -0.363 e. The molecule has 0 spiro atoms. The molecule has 2 aliphatic rings.